The molecule has 0 amide bonds. The Labute approximate surface area is 98.8 Å². The molecule has 0 aliphatic carbocycles. The van der Waals surface area contributed by atoms with Gasteiger partial charge in [-0.2, -0.15) is 0 Å². The Bertz CT molecular complexity index is 488. The van der Waals surface area contributed by atoms with E-state index in [0.29, 0.717) is 16.1 Å². The molecule has 82 valence electrons. The molecule has 1 N–H and O–H groups in total. The molecule has 3 nitrogen and oxygen atoms in total. The molecular formula is C12H11ClN2O. The van der Waals surface area contributed by atoms with Crippen molar-refractivity contribution in [1.29, 1.82) is 0 Å². The highest BCUT2D eigenvalue weighted by Crippen LogP contribution is 2.28. The lowest BCUT2D eigenvalue weighted by Crippen LogP contribution is -2.01. The minimum atomic E-state index is -0.783. The van der Waals surface area contributed by atoms with E-state index in [0.717, 1.165) is 5.56 Å². The van der Waals surface area contributed by atoms with Crippen molar-refractivity contribution in [3.05, 3.63) is 58.6 Å². The maximum atomic E-state index is 10.1. The minimum absolute atomic E-state index is 0.552. The molecule has 2 aromatic rings. The van der Waals surface area contributed by atoms with Crippen molar-refractivity contribution in [3.63, 3.8) is 0 Å². The lowest BCUT2D eigenvalue weighted by molar-refractivity contribution is 0.219. The van der Waals surface area contributed by atoms with E-state index in [1.54, 1.807) is 12.4 Å². The summed E-state index contributed by atoms with van der Waals surface area (Å²) in [6, 6.07) is 5.55. The van der Waals surface area contributed by atoms with Gasteiger partial charge in [0, 0.05) is 28.5 Å². The van der Waals surface area contributed by atoms with E-state index in [9.17, 15) is 5.11 Å². The fourth-order valence-electron chi connectivity index (χ4n) is 1.49. The predicted molar refractivity (Wildman–Crippen MR) is 62.3 cm³/mol. The van der Waals surface area contributed by atoms with E-state index < -0.39 is 6.10 Å². The van der Waals surface area contributed by atoms with Gasteiger partial charge in [-0.1, -0.05) is 23.7 Å². The molecule has 0 aliphatic heterocycles. The average molecular weight is 235 g/mol. The second-order valence-electron chi connectivity index (χ2n) is 3.60. The van der Waals surface area contributed by atoms with Crippen molar-refractivity contribution in [2.24, 2.45) is 0 Å². The van der Waals surface area contributed by atoms with Crippen molar-refractivity contribution in [1.82, 2.24) is 9.97 Å². The fraction of sp³-hybridized carbons (Fsp3) is 0.167. The van der Waals surface area contributed by atoms with Gasteiger partial charge in [0.05, 0.1) is 0 Å². The quantitative estimate of drug-likeness (QED) is 0.869. The number of hydrogen-bond acceptors (Lipinski definition) is 3. The van der Waals surface area contributed by atoms with E-state index in [1.165, 1.54) is 6.33 Å². The van der Waals surface area contributed by atoms with E-state index in [-0.39, 0.29) is 0 Å². The number of aryl methyl sites for hydroxylation is 1. The first-order chi connectivity index (χ1) is 7.68. The van der Waals surface area contributed by atoms with E-state index in [1.807, 2.05) is 25.1 Å². The monoisotopic (exact) mass is 234 g/mol. The van der Waals surface area contributed by atoms with Crippen LogP contribution in [0.4, 0.5) is 0 Å². The molecule has 0 saturated carbocycles. The van der Waals surface area contributed by atoms with Crippen molar-refractivity contribution >= 4 is 11.6 Å². The molecule has 1 heterocycles. The van der Waals surface area contributed by atoms with Crippen molar-refractivity contribution in [3.8, 4) is 0 Å². The molecule has 0 saturated heterocycles. The summed E-state index contributed by atoms with van der Waals surface area (Å²) in [4.78, 5) is 7.73. The maximum absolute atomic E-state index is 10.1. The van der Waals surface area contributed by atoms with Crippen LogP contribution in [0.3, 0.4) is 0 Å². The Kier molecular flexibility index (Phi) is 3.17. The first-order valence-electron chi connectivity index (χ1n) is 4.87. The number of hydrogen-bond donors (Lipinski definition) is 1. The van der Waals surface area contributed by atoms with Crippen molar-refractivity contribution in [2.75, 3.05) is 0 Å². The second kappa shape index (κ2) is 4.60. The van der Waals surface area contributed by atoms with Gasteiger partial charge in [0.25, 0.3) is 0 Å². The van der Waals surface area contributed by atoms with Crippen LogP contribution in [-0.2, 0) is 0 Å². The van der Waals surface area contributed by atoms with Gasteiger partial charge in [0.2, 0.25) is 0 Å². The zero-order valence-electron chi connectivity index (χ0n) is 8.76. The van der Waals surface area contributed by atoms with Crippen molar-refractivity contribution in [2.45, 2.75) is 13.0 Å². The Hall–Kier alpha value is -1.45. The average Bonchev–Trinajstić information content (AvgIpc) is 2.29. The van der Waals surface area contributed by atoms with E-state index in [4.69, 9.17) is 11.6 Å². The topological polar surface area (TPSA) is 46.0 Å². The number of benzene rings is 1. The summed E-state index contributed by atoms with van der Waals surface area (Å²) in [6.07, 6.45) is 3.79. The van der Waals surface area contributed by atoms with Crippen LogP contribution in [0.1, 0.15) is 22.8 Å². The van der Waals surface area contributed by atoms with Gasteiger partial charge in [-0.05, 0) is 18.6 Å². The maximum Gasteiger partial charge on any atom is 0.115 e. The second-order valence-corrected chi connectivity index (χ2v) is 4.01. The summed E-state index contributed by atoms with van der Waals surface area (Å²) in [5.41, 5.74) is 2.36. The molecule has 0 spiro atoms. The third-order valence-electron chi connectivity index (χ3n) is 2.35. The fourth-order valence-corrected chi connectivity index (χ4v) is 1.82. The summed E-state index contributed by atoms with van der Waals surface area (Å²) in [5, 5.41) is 10.7. The van der Waals surface area contributed by atoms with Gasteiger partial charge < -0.3 is 5.11 Å². The zero-order chi connectivity index (χ0) is 11.5. The van der Waals surface area contributed by atoms with Crippen molar-refractivity contribution < 1.29 is 5.11 Å². The summed E-state index contributed by atoms with van der Waals surface area (Å²) >= 11 is 6.07. The first kappa shape index (κ1) is 11.0. The summed E-state index contributed by atoms with van der Waals surface area (Å²) in [7, 11) is 0. The van der Waals surface area contributed by atoms with Crippen LogP contribution in [0.25, 0.3) is 0 Å². The van der Waals surface area contributed by atoms with Crippen LogP contribution in [0.15, 0.2) is 36.9 Å². The Morgan fingerprint density at radius 3 is 2.56 bits per heavy atom. The highest BCUT2D eigenvalue weighted by molar-refractivity contribution is 6.31. The van der Waals surface area contributed by atoms with Crippen LogP contribution in [0, 0.1) is 6.92 Å². The Balaban J connectivity index is 2.38. The number of aliphatic hydroxyl groups excluding tert-OH is 1. The lowest BCUT2D eigenvalue weighted by Gasteiger charge is -2.12. The molecule has 1 aromatic heterocycles. The van der Waals surface area contributed by atoms with Gasteiger partial charge in [0.15, 0.2) is 0 Å². The first-order valence-corrected chi connectivity index (χ1v) is 5.25. The van der Waals surface area contributed by atoms with Gasteiger partial charge in [-0.15, -0.1) is 0 Å². The molecule has 16 heavy (non-hydrogen) atoms. The van der Waals surface area contributed by atoms with Gasteiger partial charge in [-0.3, -0.25) is 0 Å². The normalized spacial score (nSPS) is 12.4. The number of aliphatic hydroxyl groups is 1. The number of aromatic nitrogens is 2. The number of rotatable bonds is 2. The van der Waals surface area contributed by atoms with E-state index in [2.05, 4.69) is 9.97 Å². The van der Waals surface area contributed by atoms with Gasteiger partial charge >= 0.3 is 0 Å². The van der Waals surface area contributed by atoms with Crippen LogP contribution < -0.4 is 0 Å². The molecule has 1 unspecified atom stereocenters. The molecule has 4 heteroatoms. The highest BCUT2D eigenvalue weighted by atomic mass is 35.5. The number of halogens is 1. The third-order valence-corrected chi connectivity index (χ3v) is 2.67. The molecule has 0 aliphatic rings. The molecule has 2 rings (SSSR count). The summed E-state index contributed by atoms with van der Waals surface area (Å²) < 4.78 is 0. The Morgan fingerprint density at radius 1 is 1.25 bits per heavy atom. The zero-order valence-corrected chi connectivity index (χ0v) is 9.52. The molecule has 0 fully saturated rings. The Morgan fingerprint density at radius 2 is 1.94 bits per heavy atom. The smallest absolute Gasteiger partial charge is 0.115 e. The van der Waals surface area contributed by atoms with Crippen LogP contribution in [0.5, 0.6) is 0 Å². The van der Waals surface area contributed by atoms with Crippen LogP contribution in [0.2, 0.25) is 5.02 Å². The number of nitrogens with zero attached hydrogens (tertiary/aromatic N) is 2. The van der Waals surface area contributed by atoms with Gasteiger partial charge in [-0.25, -0.2) is 9.97 Å². The molecule has 0 radical (unpaired) electrons. The summed E-state index contributed by atoms with van der Waals surface area (Å²) in [5.74, 6) is 0. The molecule has 1 aromatic carbocycles. The largest absolute Gasteiger partial charge is 0.383 e. The summed E-state index contributed by atoms with van der Waals surface area (Å²) in [6.45, 7) is 1.95. The lowest BCUT2D eigenvalue weighted by atomic mass is 10.0. The highest BCUT2D eigenvalue weighted by Gasteiger charge is 2.14. The van der Waals surface area contributed by atoms with Crippen LogP contribution >= 0.6 is 11.6 Å². The molecular weight excluding hydrogens is 224 g/mol. The standard InChI is InChI=1S/C12H11ClN2O/c1-8-2-3-10(11(13)4-8)12(16)9-5-14-7-15-6-9/h2-7,12,16H,1H3. The molecule has 1 atom stereocenters. The predicted octanol–water partition coefficient (Wildman–Crippen LogP) is 2.52. The SMILES string of the molecule is Cc1ccc(C(O)c2cncnc2)c(Cl)c1. The van der Waals surface area contributed by atoms with E-state index >= 15 is 0 Å². The molecule has 0 bridgehead atoms. The third kappa shape index (κ3) is 2.21. The van der Waals surface area contributed by atoms with Gasteiger partial charge in [0.1, 0.15) is 12.4 Å². The minimum Gasteiger partial charge on any atom is -0.383 e. The van der Waals surface area contributed by atoms with Crippen LogP contribution in [-0.4, -0.2) is 15.1 Å².